The summed E-state index contributed by atoms with van der Waals surface area (Å²) in [4.78, 5) is 14.6. The van der Waals surface area contributed by atoms with E-state index in [1.165, 1.54) is 0 Å². The Hall–Kier alpha value is -0.570. The summed E-state index contributed by atoms with van der Waals surface area (Å²) >= 11 is 0. The summed E-state index contributed by atoms with van der Waals surface area (Å²) in [5.41, 5.74) is 5.62. The van der Waals surface area contributed by atoms with Crippen molar-refractivity contribution in [3.8, 4) is 0 Å². The summed E-state index contributed by atoms with van der Waals surface area (Å²) in [6.45, 7) is 8.04. The summed E-state index contributed by atoms with van der Waals surface area (Å²) in [7, 11) is 0. The minimum atomic E-state index is -0.211. The predicted molar refractivity (Wildman–Crippen MR) is 64.8 cm³/mol. The third-order valence-corrected chi connectivity index (χ3v) is 4.37. The molecule has 0 spiro atoms. The van der Waals surface area contributed by atoms with Gasteiger partial charge in [0.15, 0.2) is 0 Å². The maximum Gasteiger partial charge on any atom is 0.230 e. The van der Waals surface area contributed by atoms with Crippen molar-refractivity contribution in [2.75, 3.05) is 13.1 Å². The van der Waals surface area contributed by atoms with Crippen LogP contribution in [0.3, 0.4) is 0 Å². The molecule has 1 aliphatic carbocycles. The van der Waals surface area contributed by atoms with Crippen LogP contribution in [0.15, 0.2) is 0 Å². The SMILES string of the molecule is CC1CC(C)N(C(=O)C2(CN)CC(C)C2)C1. The van der Waals surface area contributed by atoms with Crippen molar-refractivity contribution in [1.82, 2.24) is 4.90 Å². The molecule has 2 rings (SSSR count). The number of carbonyl (C=O) groups excluding carboxylic acids is 1. The standard InChI is InChI=1S/C13H24N2O/c1-9-4-11(3)15(7-9)12(16)13(8-14)5-10(2)6-13/h9-11H,4-8,14H2,1-3H3. The molecule has 1 amide bonds. The van der Waals surface area contributed by atoms with Crippen LogP contribution in [0.5, 0.6) is 0 Å². The Labute approximate surface area is 98.4 Å². The van der Waals surface area contributed by atoms with Crippen LogP contribution in [0.25, 0.3) is 0 Å². The lowest BCUT2D eigenvalue weighted by Gasteiger charge is -2.47. The summed E-state index contributed by atoms with van der Waals surface area (Å²) < 4.78 is 0. The van der Waals surface area contributed by atoms with Gasteiger partial charge in [-0.25, -0.2) is 0 Å². The van der Waals surface area contributed by atoms with Crippen molar-refractivity contribution in [3.63, 3.8) is 0 Å². The number of likely N-dealkylation sites (tertiary alicyclic amines) is 1. The van der Waals surface area contributed by atoms with Crippen molar-refractivity contribution in [2.45, 2.75) is 46.1 Å². The van der Waals surface area contributed by atoms with E-state index in [9.17, 15) is 4.79 Å². The maximum absolute atomic E-state index is 12.5. The molecule has 2 N–H and O–H groups in total. The van der Waals surface area contributed by atoms with E-state index < -0.39 is 0 Å². The van der Waals surface area contributed by atoms with Gasteiger partial charge in [0.05, 0.1) is 5.41 Å². The van der Waals surface area contributed by atoms with Crippen molar-refractivity contribution in [2.24, 2.45) is 23.0 Å². The van der Waals surface area contributed by atoms with Gasteiger partial charge in [-0.1, -0.05) is 13.8 Å². The number of rotatable bonds is 2. The Morgan fingerprint density at radius 2 is 1.94 bits per heavy atom. The van der Waals surface area contributed by atoms with E-state index in [1.54, 1.807) is 0 Å². The van der Waals surface area contributed by atoms with Crippen LogP contribution in [0.1, 0.15) is 40.0 Å². The summed E-state index contributed by atoms with van der Waals surface area (Å²) in [6, 6.07) is 0.404. The van der Waals surface area contributed by atoms with E-state index >= 15 is 0 Å². The number of carbonyl (C=O) groups is 1. The first-order chi connectivity index (χ1) is 7.48. The summed E-state index contributed by atoms with van der Waals surface area (Å²) in [6.07, 6.45) is 3.11. The molecule has 16 heavy (non-hydrogen) atoms. The second kappa shape index (κ2) is 4.02. The number of nitrogens with zero attached hydrogens (tertiary/aromatic N) is 1. The molecule has 0 aromatic carbocycles. The maximum atomic E-state index is 12.5. The molecular weight excluding hydrogens is 200 g/mol. The number of hydrogen-bond acceptors (Lipinski definition) is 2. The average Bonchev–Trinajstić information content (AvgIpc) is 2.51. The van der Waals surface area contributed by atoms with Crippen LogP contribution < -0.4 is 5.73 Å². The lowest BCUT2D eigenvalue weighted by molar-refractivity contribution is -0.150. The second-order valence-corrected chi connectivity index (χ2v) is 6.15. The van der Waals surface area contributed by atoms with Crippen LogP contribution in [0.4, 0.5) is 0 Å². The molecule has 1 saturated carbocycles. The molecule has 0 radical (unpaired) electrons. The molecule has 0 aromatic heterocycles. The molecule has 3 nitrogen and oxygen atoms in total. The Kier molecular flexibility index (Phi) is 2.99. The zero-order valence-electron chi connectivity index (χ0n) is 10.7. The quantitative estimate of drug-likeness (QED) is 0.774. The highest BCUT2D eigenvalue weighted by Gasteiger charge is 2.50. The largest absolute Gasteiger partial charge is 0.339 e. The molecule has 1 heterocycles. The number of hydrogen-bond donors (Lipinski definition) is 1. The van der Waals surface area contributed by atoms with Crippen LogP contribution in [0, 0.1) is 17.3 Å². The van der Waals surface area contributed by atoms with Gasteiger partial charge in [0.1, 0.15) is 0 Å². The topological polar surface area (TPSA) is 46.3 Å². The first-order valence-electron chi connectivity index (χ1n) is 6.49. The number of amides is 1. The molecule has 2 aliphatic rings. The van der Waals surface area contributed by atoms with Crippen LogP contribution in [-0.4, -0.2) is 29.9 Å². The molecule has 2 unspecified atom stereocenters. The normalized spacial score (nSPS) is 43.2. The van der Waals surface area contributed by atoms with E-state index in [2.05, 4.69) is 25.7 Å². The molecule has 1 saturated heterocycles. The molecule has 0 bridgehead atoms. The van der Waals surface area contributed by atoms with E-state index in [1.807, 2.05) is 0 Å². The zero-order valence-corrected chi connectivity index (χ0v) is 10.7. The number of nitrogens with two attached hydrogens (primary N) is 1. The third kappa shape index (κ3) is 1.75. The molecule has 3 heteroatoms. The smallest absolute Gasteiger partial charge is 0.230 e. The molecule has 2 atom stereocenters. The van der Waals surface area contributed by atoms with Gasteiger partial charge in [0, 0.05) is 19.1 Å². The average molecular weight is 224 g/mol. The van der Waals surface area contributed by atoms with Crippen molar-refractivity contribution in [1.29, 1.82) is 0 Å². The molecule has 2 fully saturated rings. The molecular formula is C13H24N2O. The fraction of sp³-hybridized carbons (Fsp3) is 0.923. The monoisotopic (exact) mass is 224 g/mol. The van der Waals surface area contributed by atoms with Gasteiger partial charge in [-0.2, -0.15) is 0 Å². The Bertz CT molecular complexity index is 284. The Balaban J connectivity index is 2.07. The van der Waals surface area contributed by atoms with Crippen LogP contribution >= 0.6 is 0 Å². The Morgan fingerprint density at radius 3 is 2.31 bits per heavy atom. The minimum absolute atomic E-state index is 0.211. The van der Waals surface area contributed by atoms with Gasteiger partial charge in [-0.05, 0) is 38.0 Å². The molecule has 0 aromatic rings. The van der Waals surface area contributed by atoms with Gasteiger partial charge in [-0.15, -0.1) is 0 Å². The van der Waals surface area contributed by atoms with Crippen molar-refractivity contribution >= 4 is 5.91 Å². The Morgan fingerprint density at radius 1 is 1.31 bits per heavy atom. The molecule has 1 aliphatic heterocycles. The van der Waals surface area contributed by atoms with E-state index in [0.717, 1.165) is 25.8 Å². The zero-order chi connectivity index (χ0) is 11.9. The van der Waals surface area contributed by atoms with Gasteiger partial charge >= 0.3 is 0 Å². The second-order valence-electron chi connectivity index (χ2n) is 6.15. The highest BCUT2D eigenvalue weighted by Crippen LogP contribution is 2.47. The predicted octanol–water partition coefficient (Wildman–Crippen LogP) is 1.62. The molecule has 92 valence electrons. The van der Waals surface area contributed by atoms with Gasteiger partial charge in [0.25, 0.3) is 0 Å². The van der Waals surface area contributed by atoms with E-state index in [-0.39, 0.29) is 5.41 Å². The highest BCUT2D eigenvalue weighted by atomic mass is 16.2. The third-order valence-electron chi connectivity index (χ3n) is 4.37. The van der Waals surface area contributed by atoms with Crippen LogP contribution in [-0.2, 0) is 4.79 Å². The van der Waals surface area contributed by atoms with E-state index in [4.69, 9.17) is 5.73 Å². The minimum Gasteiger partial charge on any atom is -0.339 e. The fourth-order valence-electron chi connectivity index (χ4n) is 3.59. The van der Waals surface area contributed by atoms with Gasteiger partial charge in [0.2, 0.25) is 5.91 Å². The first-order valence-corrected chi connectivity index (χ1v) is 6.49. The first kappa shape index (κ1) is 11.9. The van der Waals surface area contributed by atoms with Crippen molar-refractivity contribution < 1.29 is 4.79 Å². The van der Waals surface area contributed by atoms with Crippen LogP contribution in [0.2, 0.25) is 0 Å². The lowest BCUT2D eigenvalue weighted by Crippen LogP contribution is -2.55. The van der Waals surface area contributed by atoms with Gasteiger partial charge < -0.3 is 10.6 Å². The summed E-state index contributed by atoms with van der Waals surface area (Å²) in [5.74, 6) is 1.64. The fourth-order valence-corrected chi connectivity index (χ4v) is 3.59. The summed E-state index contributed by atoms with van der Waals surface area (Å²) in [5, 5.41) is 0. The van der Waals surface area contributed by atoms with Gasteiger partial charge in [-0.3, -0.25) is 4.79 Å². The van der Waals surface area contributed by atoms with Crippen molar-refractivity contribution in [3.05, 3.63) is 0 Å². The highest BCUT2D eigenvalue weighted by molar-refractivity contribution is 5.84. The lowest BCUT2D eigenvalue weighted by atomic mass is 9.61. The van der Waals surface area contributed by atoms with E-state index in [0.29, 0.717) is 30.3 Å².